The fourth-order valence-electron chi connectivity index (χ4n) is 3.71. The van der Waals surface area contributed by atoms with Crippen LogP contribution in [0.25, 0.3) is 0 Å². The average Bonchev–Trinajstić information content (AvgIpc) is 3.32. The van der Waals surface area contributed by atoms with Gasteiger partial charge in [0.2, 0.25) is 0 Å². The first-order valence-corrected chi connectivity index (χ1v) is 12.8. The Morgan fingerprint density at radius 1 is 1.05 bits per heavy atom. The number of benzene rings is 2. The molecule has 0 radical (unpaired) electrons. The number of nitrogens with one attached hydrogen (secondary N) is 2. The number of carbonyl (C=O) groups is 3. The van der Waals surface area contributed by atoms with Gasteiger partial charge in [-0.25, -0.2) is 14.8 Å². The third-order valence-electron chi connectivity index (χ3n) is 5.65. The number of rotatable bonds is 11. The lowest BCUT2D eigenvalue weighted by Crippen LogP contribution is -2.33. The third kappa shape index (κ3) is 8.40. The molecule has 196 valence electrons. The second-order valence-electron chi connectivity index (χ2n) is 9.21. The lowest BCUT2D eigenvalue weighted by Gasteiger charge is -2.26. The molecule has 2 aromatic carbocycles. The Labute approximate surface area is 220 Å². The van der Waals surface area contributed by atoms with Gasteiger partial charge < -0.3 is 15.7 Å². The van der Waals surface area contributed by atoms with Crippen molar-refractivity contribution in [1.29, 1.82) is 0 Å². The fraction of sp³-hybridized carbons (Fsp3) is 0.333. The van der Waals surface area contributed by atoms with Crippen LogP contribution in [0.1, 0.15) is 53.7 Å². The monoisotopic (exact) mass is 524 g/mol. The number of urea groups is 1. The normalized spacial score (nSPS) is 11.7. The van der Waals surface area contributed by atoms with E-state index in [2.05, 4.69) is 15.6 Å². The van der Waals surface area contributed by atoms with E-state index in [0.29, 0.717) is 29.1 Å². The van der Waals surface area contributed by atoms with Crippen LogP contribution in [0, 0.1) is 12.8 Å². The zero-order chi connectivity index (χ0) is 26.9. The maximum absolute atomic E-state index is 12.9. The quantitative estimate of drug-likeness (QED) is 0.189. The van der Waals surface area contributed by atoms with Crippen molar-refractivity contribution >= 4 is 40.6 Å². The van der Waals surface area contributed by atoms with Crippen LogP contribution in [0.5, 0.6) is 0 Å². The van der Waals surface area contributed by atoms with Crippen LogP contribution in [-0.2, 0) is 22.4 Å². The smallest absolute Gasteiger partial charge is 0.323 e. The van der Waals surface area contributed by atoms with Crippen molar-refractivity contribution in [2.45, 2.75) is 52.5 Å². The zero-order valence-electron chi connectivity index (χ0n) is 21.1. The number of para-hydroxylation sites is 1. The molecule has 0 aliphatic heterocycles. The van der Waals surface area contributed by atoms with Gasteiger partial charge in [-0.3, -0.25) is 14.8 Å². The van der Waals surface area contributed by atoms with Gasteiger partial charge in [-0.05, 0) is 55.0 Å². The van der Waals surface area contributed by atoms with Crippen LogP contribution in [-0.4, -0.2) is 38.3 Å². The van der Waals surface area contributed by atoms with Crippen molar-refractivity contribution in [3.8, 4) is 0 Å². The van der Waals surface area contributed by atoms with E-state index < -0.39 is 17.9 Å². The van der Waals surface area contributed by atoms with E-state index in [9.17, 15) is 19.6 Å². The molecule has 3 aromatic rings. The minimum absolute atomic E-state index is 0.00331. The highest BCUT2D eigenvalue weighted by Crippen LogP contribution is 2.31. The lowest BCUT2D eigenvalue weighted by atomic mass is 10.0. The molecule has 37 heavy (non-hydrogen) atoms. The number of anilines is 2. The summed E-state index contributed by atoms with van der Waals surface area (Å²) >= 11 is 1.31. The van der Waals surface area contributed by atoms with Gasteiger partial charge in [-0.2, -0.15) is 0 Å². The Kier molecular flexibility index (Phi) is 9.76. The highest BCUT2D eigenvalue weighted by atomic mass is 32.1. The van der Waals surface area contributed by atoms with Gasteiger partial charge in [-0.1, -0.05) is 44.2 Å². The summed E-state index contributed by atoms with van der Waals surface area (Å²) in [5.41, 5.74) is 2.91. The van der Waals surface area contributed by atoms with E-state index in [1.807, 2.05) is 45.0 Å². The summed E-state index contributed by atoms with van der Waals surface area (Å²) in [6.07, 6.45) is 2.43. The number of aryl methyl sites for hydroxylation is 2. The molecule has 0 saturated heterocycles. The second kappa shape index (κ2) is 13.0. The third-order valence-corrected chi connectivity index (χ3v) is 6.81. The van der Waals surface area contributed by atoms with Crippen molar-refractivity contribution in [2.24, 2.45) is 5.92 Å². The minimum Gasteiger partial charge on any atom is -0.481 e. The molecule has 10 heteroatoms. The largest absolute Gasteiger partial charge is 0.481 e. The molecule has 0 bridgehead atoms. The Morgan fingerprint density at radius 3 is 2.41 bits per heavy atom. The summed E-state index contributed by atoms with van der Waals surface area (Å²) in [4.78, 5) is 41.2. The summed E-state index contributed by atoms with van der Waals surface area (Å²) in [5.74, 6) is -1.18. The standard InChI is InChI=1S/C27H32N4O5S/c1-17(2)14-23(26-28-16-21(37-26)12-13-25(33)34)31(36)24(32)15-19-8-10-20(11-9-19)29-27(35)30-22-7-5-4-6-18(22)3/h4-11,16-17,23,36H,12-15H2,1-3H3,(H,33,34)(H2,29,30,35). The summed E-state index contributed by atoms with van der Waals surface area (Å²) in [6.45, 7) is 5.89. The maximum Gasteiger partial charge on any atom is 0.323 e. The molecule has 0 fully saturated rings. The molecule has 4 N–H and O–H groups in total. The number of hydrogen-bond donors (Lipinski definition) is 4. The van der Waals surface area contributed by atoms with E-state index in [-0.39, 0.29) is 24.8 Å². The van der Waals surface area contributed by atoms with Crippen LogP contribution < -0.4 is 10.6 Å². The van der Waals surface area contributed by atoms with Crippen molar-refractivity contribution in [1.82, 2.24) is 10.0 Å². The molecule has 0 aliphatic carbocycles. The number of carboxylic acid groups (broad SMARTS) is 1. The number of hydrogen-bond acceptors (Lipinski definition) is 6. The minimum atomic E-state index is -0.888. The number of aromatic nitrogens is 1. The Hall–Kier alpha value is -3.76. The van der Waals surface area contributed by atoms with E-state index >= 15 is 0 Å². The molecule has 1 aromatic heterocycles. The molecule has 0 saturated carbocycles. The lowest BCUT2D eigenvalue weighted by molar-refractivity contribution is -0.177. The maximum atomic E-state index is 12.9. The molecule has 3 rings (SSSR count). The van der Waals surface area contributed by atoms with Gasteiger partial charge in [0.25, 0.3) is 5.91 Å². The fourth-order valence-corrected chi connectivity index (χ4v) is 4.72. The average molecular weight is 525 g/mol. The van der Waals surface area contributed by atoms with Crippen LogP contribution in [0.4, 0.5) is 16.2 Å². The van der Waals surface area contributed by atoms with Gasteiger partial charge in [-0.15, -0.1) is 11.3 Å². The highest BCUT2D eigenvalue weighted by Gasteiger charge is 2.27. The van der Waals surface area contributed by atoms with Crippen LogP contribution in [0.3, 0.4) is 0 Å². The Morgan fingerprint density at radius 2 is 1.76 bits per heavy atom. The van der Waals surface area contributed by atoms with Gasteiger partial charge in [0.1, 0.15) is 11.0 Å². The van der Waals surface area contributed by atoms with E-state index in [1.165, 1.54) is 11.3 Å². The van der Waals surface area contributed by atoms with Crippen molar-refractivity contribution in [2.75, 3.05) is 10.6 Å². The first-order valence-electron chi connectivity index (χ1n) is 12.0. The first-order chi connectivity index (χ1) is 17.6. The zero-order valence-corrected chi connectivity index (χ0v) is 21.9. The molecule has 3 amide bonds. The SMILES string of the molecule is Cc1ccccc1NC(=O)Nc1ccc(CC(=O)N(O)C(CC(C)C)c2ncc(CCC(=O)O)s2)cc1. The number of aliphatic carboxylic acids is 1. The summed E-state index contributed by atoms with van der Waals surface area (Å²) < 4.78 is 0. The van der Waals surface area contributed by atoms with Crippen molar-refractivity contribution in [3.63, 3.8) is 0 Å². The van der Waals surface area contributed by atoms with Gasteiger partial charge in [0.15, 0.2) is 0 Å². The molecule has 1 unspecified atom stereocenters. The van der Waals surface area contributed by atoms with E-state index in [4.69, 9.17) is 5.11 Å². The predicted molar refractivity (Wildman–Crippen MR) is 143 cm³/mol. The number of carboxylic acids is 1. The molecule has 0 aliphatic rings. The number of thiazole rings is 1. The molecular formula is C27H32N4O5S. The number of hydroxylamine groups is 2. The van der Waals surface area contributed by atoms with Crippen LogP contribution >= 0.6 is 11.3 Å². The highest BCUT2D eigenvalue weighted by molar-refractivity contribution is 7.11. The Balaban J connectivity index is 1.61. The van der Waals surface area contributed by atoms with Crippen molar-refractivity contribution < 1.29 is 24.7 Å². The first kappa shape index (κ1) is 27.8. The summed E-state index contributed by atoms with van der Waals surface area (Å²) in [6, 6.07) is 13.3. The molecular weight excluding hydrogens is 492 g/mol. The predicted octanol–water partition coefficient (Wildman–Crippen LogP) is 5.66. The van der Waals surface area contributed by atoms with Gasteiger partial charge in [0, 0.05) is 22.4 Å². The molecule has 1 atom stereocenters. The summed E-state index contributed by atoms with van der Waals surface area (Å²) in [7, 11) is 0. The van der Waals surface area contributed by atoms with E-state index in [1.54, 1.807) is 30.5 Å². The van der Waals surface area contributed by atoms with Gasteiger partial charge in [0.05, 0.1) is 12.8 Å². The molecule has 0 spiro atoms. The second-order valence-corrected chi connectivity index (χ2v) is 10.4. The number of amides is 3. The van der Waals surface area contributed by atoms with Crippen LogP contribution in [0.15, 0.2) is 54.7 Å². The van der Waals surface area contributed by atoms with Crippen molar-refractivity contribution in [3.05, 3.63) is 75.7 Å². The van der Waals surface area contributed by atoms with E-state index in [0.717, 1.165) is 21.2 Å². The number of carbonyl (C=O) groups excluding carboxylic acids is 2. The summed E-state index contributed by atoms with van der Waals surface area (Å²) in [5, 5.41) is 26.6. The molecule has 9 nitrogen and oxygen atoms in total. The molecule has 1 heterocycles. The Bertz CT molecular complexity index is 1230. The number of nitrogens with zero attached hydrogens (tertiary/aromatic N) is 2. The topological polar surface area (TPSA) is 132 Å². The van der Waals surface area contributed by atoms with Gasteiger partial charge >= 0.3 is 12.0 Å². The van der Waals surface area contributed by atoms with Crippen LogP contribution in [0.2, 0.25) is 0 Å².